The summed E-state index contributed by atoms with van der Waals surface area (Å²) in [5.74, 6) is 0.142. The van der Waals surface area contributed by atoms with Crippen LogP contribution in [0.25, 0.3) is 0 Å². The van der Waals surface area contributed by atoms with Crippen LogP contribution in [0.5, 0.6) is 0 Å². The van der Waals surface area contributed by atoms with E-state index in [1.165, 1.54) is 0 Å². The Labute approximate surface area is 122 Å². The maximum atomic E-state index is 12.2. The summed E-state index contributed by atoms with van der Waals surface area (Å²) in [5.41, 5.74) is 0.165. The molecule has 1 aromatic carbocycles. The Balaban J connectivity index is 1.96. The highest BCUT2D eigenvalue weighted by Gasteiger charge is 2.25. The van der Waals surface area contributed by atoms with E-state index in [-0.39, 0.29) is 5.78 Å². The number of hydrogen-bond donors (Lipinski definition) is 1. The number of likely N-dealkylation sites (tertiary alicyclic amines) is 1. The normalized spacial score (nSPS) is 25.0. The summed E-state index contributed by atoms with van der Waals surface area (Å²) in [5, 5.41) is 10.0. The number of carbonyl (C=O) groups is 1. The average Bonchev–Trinajstić information content (AvgIpc) is 2.51. The number of aliphatic hydroxyl groups is 1. The zero-order chi connectivity index (χ0) is 13.9. The Morgan fingerprint density at radius 2 is 2.21 bits per heavy atom. The van der Waals surface area contributed by atoms with E-state index in [0.717, 1.165) is 42.4 Å². The molecule has 2 rings (SSSR count). The van der Waals surface area contributed by atoms with Crippen molar-refractivity contribution in [3.63, 3.8) is 0 Å². The highest BCUT2D eigenvalue weighted by Crippen LogP contribution is 2.21. The fourth-order valence-corrected chi connectivity index (χ4v) is 2.83. The van der Waals surface area contributed by atoms with Gasteiger partial charge in [0.25, 0.3) is 0 Å². The molecule has 0 saturated carbocycles. The zero-order valence-corrected chi connectivity index (χ0v) is 12.8. The van der Waals surface area contributed by atoms with Crippen molar-refractivity contribution in [3.8, 4) is 0 Å². The molecule has 1 N–H and O–H groups in total. The number of rotatable bonds is 3. The van der Waals surface area contributed by atoms with Crippen molar-refractivity contribution < 1.29 is 9.90 Å². The second kappa shape index (κ2) is 6.16. The third-order valence-electron chi connectivity index (χ3n) is 3.67. The van der Waals surface area contributed by atoms with Gasteiger partial charge in [-0.2, -0.15) is 0 Å². The summed E-state index contributed by atoms with van der Waals surface area (Å²) in [6, 6.07) is 7.50. The van der Waals surface area contributed by atoms with Crippen molar-refractivity contribution in [2.45, 2.75) is 31.8 Å². The fraction of sp³-hybridized carbons (Fsp3) is 0.533. The number of Topliss-reactive ketones (excluding diaryl/α,β-unsaturated/α-hetero) is 1. The van der Waals surface area contributed by atoms with Crippen molar-refractivity contribution in [1.82, 2.24) is 4.90 Å². The smallest absolute Gasteiger partial charge is 0.176 e. The molecular formula is C15H20BrNO2. The van der Waals surface area contributed by atoms with Crippen LogP contribution in [-0.2, 0) is 0 Å². The van der Waals surface area contributed by atoms with E-state index in [0.29, 0.717) is 6.54 Å². The molecule has 0 amide bonds. The molecule has 1 heterocycles. The molecule has 1 aliphatic heterocycles. The van der Waals surface area contributed by atoms with E-state index in [9.17, 15) is 9.90 Å². The van der Waals surface area contributed by atoms with Crippen molar-refractivity contribution in [3.05, 3.63) is 34.3 Å². The van der Waals surface area contributed by atoms with Crippen LogP contribution < -0.4 is 0 Å². The molecule has 19 heavy (non-hydrogen) atoms. The lowest BCUT2D eigenvalue weighted by atomic mass is 9.98. The molecule has 104 valence electrons. The first-order chi connectivity index (χ1) is 8.96. The molecular weight excluding hydrogens is 306 g/mol. The van der Waals surface area contributed by atoms with Crippen LogP contribution in [-0.4, -0.2) is 41.0 Å². The van der Waals surface area contributed by atoms with Gasteiger partial charge in [0.1, 0.15) is 0 Å². The third-order valence-corrected chi connectivity index (χ3v) is 4.16. The van der Waals surface area contributed by atoms with Gasteiger partial charge in [0, 0.05) is 16.6 Å². The Hall–Kier alpha value is -0.710. The number of halogens is 1. The van der Waals surface area contributed by atoms with Crippen LogP contribution in [0.4, 0.5) is 0 Å². The topological polar surface area (TPSA) is 40.5 Å². The summed E-state index contributed by atoms with van der Waals surface area (Å²) in [6.07, 6.45) is 2.49. The minimum absolute atomic E-state index is 0.142. The molecule has 0 bridgehead atoms. The molecule has 0 radical (unpaired) electrons. The summed E-state index contributed by atoms with van der Waals surface area (Å²) >= 11 is 3.38. The molecule has 1 saturated heterocycles. The first kappa shape index (κ1) is 14.7. The Morgan fingerprint density at radius 3 is 2.95 bits per heavy atom. The van der Waals surface area contributed by atoms with Gasteiger partial charge in [0.2, 0.25) is 0 Å². The SMILES string of the molecule is CC1(O)CCCN(CC(=O)c2cccc(Br)c2)CC1. The molecule has 1 unspecified atom stereocenters. The van der Waals surface area contributed by atoms with Gasteiger partial charge in [-0.3, -0.25) is 9.69 Å². The van der Waals surface area contributed by atoms with Crippen molar-refractivity contribution in [2.75, 3.05) is 19.6 Å². The maximum absolute atomic E-state index is 12.2. The Bertz CT molecular complexity index is 459. The maximum Gasteiger partial charge on any atom is 0.176 e. The zero-order valence-electron chi connectivity index (χ0n) is 11.2. The second-order valence-corrected chi connectivity index (χ2v) is 6.48. The molecule has 1 aromatic rings. The summed E-state index contributed by atoms with van der Waals surface area (Å²) in [6.45, 7) is 3.99. The lowest BCUT2D eigenvalue weighted by Crippen LogP contribution is -2.32. The van der Waals surface area contributed by atoms with E-state index in [4.69, 9.17) is 0 Å². The highest BCUT2D eigenvalue weighted by atomic mass is 79.9. The number of benzene rings is 1. The number of nitrogens with zero attached hydrogens (tertiary/aromatic N) is 1. The first-order valence-electron chi connectivity index (χ1n) is 6.70. The molecule has 1 aliphatic rings. The number of hydrogen-bond acceptors (Lipinski definition) is 3. The predicted octanol–water partition coefficient (Wildman–Crippen LogP) is 2.87. The van der Waals surface area contributed by atoms with Gasteiger partial charge in [-0.15, -0.1) is 0 Å². The van der Waals surface area contributed by atoms with Gasteiger partial charge in [0.05, 0.1) is 12.1 Å². The standard InChI is InChI=1S/C15H20BrNO2/c1-15(19)6-3-8-17(9-7-15)11-14(18)12-4-2-5-13(16)10-12/h2,4-5,10,19H,3,6-9,11H2,1H3. The van der Waals surface area contributed by atoms with Crippen LogP contribution in [0.2, 0.25) is 0 Å². The van der Waals surface area contributed by atoms with Gasteiger partial charge in [-0.05, 0) is 44.9 Å². The second-order valence-electron chi connectivity index (χ2n) is 5.56. The van der Waals surface area contributed by atoms with E-state index in [2.05, 4.69) is 20.8 Å². The summed E-state index contributed by atoms with van der Waals surface area (Å²) < 4.78 is 0.928. The van der Waals surface area contributed by atoms with Crippen LogP contribution in [0, 0.1) is 0 Å². The summed E-state index contributed by atoms with van der Waals surface area (Å²) in [4.78, 5) is 14.4. The van der Waals surface area contributed by atoms with Crippen LogP contribution in [0.1, 0.15) is 36.5 Å². The minimum Gasteiger partial charge on any atom is -0.390 e. The van der Waals surface area contributed by atoms with Crippen LogP contribution in [0.15, 0.2) is 28.7 Å². The Kier molecular flexibility index (Phi) is 4.76. The number of ketones is 1. The highest BCUT2D eigenvalue weighted by molar-refractivity contribution is 9.10. The van der Waals surface area contributed by atoms with Gasteiger partial charge in [-0.25, -0.2) is 0 Å². The molecule has 4 heteroatoms. The summed E-state index contributed by atoms with van der Waals surface area (Å²) in [7, 11) is 0. The first-order valence-corrected chi connectivity index (χ1v) is 7.49. The molecule has 1 fully saturated rings. The van der Waals surface area contributed by atoms with Gasteiger partial charge >= 0.3 is 0 Å². The monoisotopic (exact) mass is 325 g/mol. The van der Waals surface area contributed by atoms with Crippen molar-refractivity contribution >= 4 is 21.7 Å². The van der Waals surface area contributed by atoms with Gasteiger partial charge in [0.15, 0.2) is 5.78 Å². The third kappa shape index (κ3) is 4.41. The minimum atomic E-state index is -0.576. The largest absolute Gasteiger partial charge is 0.390 e. The van der Waals surface area contributed by atoms with Crippen LogP contribution >= 0.6 is 15.9 Å². The molecule has 0 spiro atoms. The van der Waals surface area contributed by atoms with Gasteiger partial charge < -0.3 is 5.11 Å². The van der Waals surface area contributed by atoms with E-state index >= 15 is 0 Å². The predicted molar refractivity (Wildman–Crippen MR) is 79.4 cm³/mol. The number of carbonyl (C=O) groups excluding carboxylic acids is 1. The fourth-order valence-electron chi connectivity index (χ4n) is 2.43. The molecule has 1 atom stereocenters. The van der Waals surface area contributed by atoms with E-state index in [1.807, 2.05) is 31.2 Å². The van der Waals surface area contributed by atoms with E-state index in [1.54, 1.807) is 0 Å². The van der Waals surface area contributed by atoms with E-state index < -0.39 is 5.60 Å². The average molecular weight is 326 g/mol. The van der Waals surface area contributed by atoms with Crippen molar-refractivity contribution in [2.24, 2.45) is 0 Å². The lowest BCUT2D eigenvalue weighted by molar-refractivity contribution is 0.0444. The molecule has 0 aromatic heterocycles. The van der Waals surface area contributed by atoms with Crippen molar-refractivity contribution in [1.29, 1.82) is 0 Å². The van der Waals surface area contributed by atoms with Gasteiger partial charge in [-0.1, -0.05) is 28.1 Å². The molecule has 3 nitrogen and oxygen atoms in total. The lowest BCUT2D eigenvalue weighted by Gasteiger charge is -2.21. The quantitative estimate of drug-likeness (QED) is 0.869. The molecule has 0 aliphatic carbocycles. The Morgan fingerprint density at radius 1 is 1.42 bits per heavy atom. The van der Waals surface area contributed by atoms with Crippen LogP contribution in [0.3, 0.4) is 0 Å².